The van der Waals surface area contributed by atoms with Gasteiger partial charge in [-0.25, -0.2) is 0 Å². The van der Waals surface area contributed by atoms with E-state index in [2.05, 4.69) is 0 Å². The second kappa shape index (κ2) is 4.88. The number of carboxylic acids is 1. The number of aliphatic carboxylic acids is 1. The maximum Gasteiger partial charge on any atom is 0.351 e. The molecule has 18 heavy (non-hydrogen) atoms. The van der Waals surface area contributed by atoms with Crippen molar-refractivity contribution < 1.29 is 19.7 Å². The number of hydrogen-bond acceptors (Lipinski definition) is 6. The van der Waals surface area contributed by atoms with Gasteiger partial charge in [-0.05, 0) is 6.07 Å². The largest absolute Gasteiger partial charge is 0.480 e. The van der Waals surface area contributed by atoms with Gasteiger partial charge in [-0.3, -0.25) is 25.0 Å². The van der Waals surface area contributed by atoms with Crippen molar-refractivity contribution in [2.24, 2.45) is 0 Å². The van der Waals surface area contributed by atoms with Crippen molar-refractivity contribution in [2.45, 2.75) is 5.92 Å². The summed E-state index contributed by atoms with van der Waals surface area (Å²) in [6.07, 6.45) is 0. The molecule has 0 aliphatic carbocycles. The van der Waals surface area contributed by atoms with Gasteiger partial charge < -0.3 is 5.11 Å². The highest BCUT2D eigenvalue weighted by Gasteiger charge is 2.34. The molecule has 0 bridgehead atoms. The van der Waals surface area contributed by atoms with Crippen molar-refractivity contribution in [3.05, 3.63) is 44.0 Å². The molecule has 1 aromatic rings. The monoisotopic (exact) mass is 251 g/mol. The van der Waals surface area contributed by atoms with E-state index in [4.69, 9.17) is 10.4 Å². The van der Waals surface area contributed by atoms with E-state index in [1.54, 1.807) is 0 Å². The summed E-state index contributed by atoms with van der Waals surface area (Å²) in [6, 6.07) is 4.32. The van der Waals surface area contributed by atoms with Gasteiger partial charge in [0.1, 0.15) is 0 Å². The van der Waals surface area contributed by atoms with Gasteiger partial charge in [0.2, 0.25) is 0 Å². The zero-order valence-corrected chi connectivity index (χ0v) is 8.64. The molecule has 0 radical (unpaired) electrons. The quantitative estimate of drug-likeness (QED) is 0.623. The molecular weight excluding hydrogens is 246 g/mol. The molecular formula is C9H5N3O6. The normalized spacial score (nSPS) is 11.3. The maximum absolute atomic E-state index is 10.8. The Bertz CT molecular complexity index is 576. The van der Waals surface area contributed by atoms with Gasteiger partial charge in [-0.2, -0.15) is 5.26 Å². The van der Waals surface area contributed by atoms with Crippen LogP contribution in [-0.4, -0.2) is 20.9 Å². The molecule has 0 amide bonds. The topological polar surface area (TPSA) is 147 Å². The lowest BCUT2D eigenvalue weighted by molar-refractivity contribution is -0.423. The van der Waals surface area contributed by atoms with Crippen molar-refractivity contribution in [2.75, 3.05) is 0 Å². The molecule has 0 aliphatic rings. The number of rotatable bonds is 4. The molecule has 0 heterocycles. The van der Waals surface area contributed by atoms with Crippen LogP contribution in [0.15, 0.2) is 18.2 Å². The molecule has 0 saturated carbocycles. The smallest absolute Gasteiger partial charge is 0.351 e. The lowest BCUT2D eigenvalue weighted by Crippen LogP contribution is -2.12. The van der Waals surface area contributed by atoms with Gasteiger partial charge in [-0.1, -0.05) is 6.07 Å². The molecule has 9 heteroatoms. The number of benzene rings is 1. The van der Waals surface area contributed by atoms with Crippen LogP contribution in [0.5, 0.6) is 0 Å². The Balaban J connectivity index is 3.60. The van der Waals surface area contributed by atoms with E-state index in [0.29, 0.717) is 0 Å². The van der Waals surface area contributed by atoms with Gasteiger partial charge in [0, 0.05) is 6.07 Å². The zero-order chi connectivity index (χ0) is 13.9. The average Bonchev–Trinajstić information content (AvgIpc) is 2.28. The predicted molar refractivity (Wildman–Crippen MR) is 55.7 cm³/mol. The average molecular weight is 251 g/mol. The standard InChI is InChI=1S/C9H5N3O6/c10-4-6(9(13)14)5-2-1-3-7(11(15)16)8(5)12(17)18/h1-3,6H,(H,13,14). The van der Waals surface area contributed by atoms with Crippen molar-refractivity contribution >= 4 is 17.3 Å². The fourth-order valence-corrected chi connectivity index (χ4v) is 1.39. The predicted octanol–water partition coefficient (Wildman–Crippen LogP) is 1.19. The number of para-hydroxylation sites is 1. The van der Waals surface area contributed by atoms with Crippen LogP contribution in [0.4, 0.5) is 11.4 Å². The van der Waals surface area contributed by atoms with E-state index in [0.717, 1.165) is 18.2 Å². The Kier molecular flexibility index (Phi) is 3.53. The van der Waals surface area contributed by atoms with Crippen LogP contribution in [0.1, 0.15) is 11.5 Å². The number of carbonyl (C=O) groups is 1. The van der Waals surface area contributed by atoms with Crippen LogP contribution in [-0.2, 0) is 4.79 Å². The minimum absolute atomic E-state index is 0.510. The lowest BCUT2D eigenvalue weighted by atomic mass is 9.98. The van der Waals surface area contributed by atoms with E-state index in [9.17, 15) is 25.0 Å². The summed E-state index contributed by atoms with van der Waals surface area (Å²) in [4.78, 5) is 30.1. The molecule has 0 aromatic heterocycles. The molecule has 1 rings (SSSR count). The number of nitro groups is 2. The first-order valence-electron chi connectivity index (χ1n) is 4.44. The molecule has 0 aliphatic heterocycles. The number of nitriles is 1. The van der Waals surface area contributed by atoms with Crippen LogP contribution in [0.3, 0.4) is 0 Å². The SMILES string of the molecule is N#CC(C(=O)O)c1cccc([N+](=O)[O-])c1[N+](=O)[O-]. The molecule has 1 aromatic carbocycles. The van der Waals surface area contributed by atoms with E-state index in [1.807, 2.05) is 0 Å². The van der Waals surface area contributed by atoms with E-state index in [-0.39, 0.29) is 0 Å². The zero-order valence-electron chi connectivity index (χ0n) is 8.64. The molecule has 1 N–H and O–H groups in total. The Labute approximate surface area is 99.2 Å². The molecule has 1 unspecified atom stereocenters. The minimum atomic E-state index is -1.83. The first kappa shape index (κ1) is 13.0. The van der Waals surface area contributed by atoms with Crippen molar-refractivity contribution in [1.29, 1.82) is 5.26 Å². The van der Waals surface area contributed by atoms with Crippen LogP contribution in [0.25, 0.3) is 0 Å². The van der Waals surface area contributed by atoms with E-state index in [1.165, 1.54) is 6.07 Å². The molecule has 92 valence electrons. The Morgan fingerprint density at radius 3 is 2.33 bits per heavy atom. The minimum Gasteiger partial charge on any atom is -0.480 e. The molecule has 0 spiro atoms. The third kappa shape index (κ3) is 2.22. The molecule has 9 nitrogen and oxygen atoms in total. The van der Waals surface area contributed by atoms with Crippen LogP contribution >= 0.6 is 0 Å². The van der Waals surface area contributed by atoms with Crippen LogP contribution in [0.2, 0.25) is 0 Å². The first-order chi connectivity index (χ1) is 8.40. The number of hydrogen-bond donors (Lipinski definition) is 1. The summed E-state index contributed by atoms with van der Waals surface area (Å²) >= 11 is 0. The fraction of sp³-hybridized carbons (Fsp3) is 0.111. The number of nitrogens with zero attached hydrogens (tertiary/aromatic N) is 3. The first-order valence-corrected chi connectivity index (χ1v) is 4.44. The lowest BCUT2D eigenvalue weighted by Gasteiger charge is -2.05. The summed E-state index contributed by atoms with van der Waals surface area (Å²) in [5.74, 6) is -3.44. The van der Waals surface area contributed by atoms with Gasteiger partial charge in [0.25, 0.3) is 0 Å². The van der Waals surface area contributed by atoms with Gasteiger partial charge >= 0.3 is 17.3 Å². The maximum atomic E-state index is 10.8. The summed E-state index contributed by atoms with van der Waals surface area (Å²) in [6.45, 7) is 0. The Hall–Kier alpha value is -3.02. The van der Waals surface area contributed by atoms with Crippen molar-refractivity contribution in [1.82, 2.24) is 0 Å². The molecule has 1 atom stereocenters. The van der Waals surface area contributed by atoms with E-state index < -0.39 is 38.7 Å². The van der Waals surface area contributed by atoms with E-state index >= 15 is 0 Å². The third-order valence-corrected chi connectivity index (χ3v) is 2.11. The highest BCUT2D eigenvalue weighted by Crippen LogP contribution is 2.34. The molecule has 0 fully saturated rings. The highest BCUT2D eigenvalue weighted by atomic mass is 16.6. The third-order valence-electron chi connectivity index (χ3n) is 2.11. The summed E-state index contributed by atoms with van der Waals surface area (Å²) in [5.41, 5.74) is -2.33. The number of carboxylic acid groups (broad SMARTS) is 1. The van der Waals surface area contributed by atoms with Crippen LogP contribution < -0.4 is 0 Å². The Morgan fingerprint density at radius 1 is 1.33 bits per heavy atom. The summed E-state index contributed by atoms with van der Waals surface area (Å²) in [5, 5.41) is 38.8. The van der Waals surface area contributed by atoms with Crippen molar-refractivity contribution in [3.63, 3.8) is 0 Å². The van der Waals surface area contributed by atoms with Gasteiger partial charge in [0.05, 0.1) is 21.5 Å². The van der Waals surface area contributed by atoms with Gasteiger partial charge in [-0.15, -0.1) is 0 Å². The molecule has 0 saturated heterocycles. The van der Waals surface area contributed by atoms with Crippen molar-refractivity contribution in [3.8, 4) is 6.07 Å². The highest BCUT2D eigenvalue weighted by molar-refractivity contribution is 5.82. The Morgan fingerprint density at radius 2 is 1.94 bits per heavy atom. The van der Waals surface area contributed by atoms with Crippen LogP contribution in [0, 0.1) is 31.6 Å². The fourth-order valence-electron chi connectivity index (χ4n) is 1.39. The number of nitro benzene ring substituents is 2. The second-order valence-electron chi connectivity index (χ2n) is 3.13. The summed E-state index contributed by atoms with van der Waals surface area (Å²) < 4.78 is 0. The summed E-state index contributed by atoms with van der Waals surface area (Å²) in [7, 11) is 0. The van der Waals surface area contributed by atoms with Gasteiger partial charge in [0.15, 0.2) is 5.92 Å². The second-order valence-corrected chi connectivity index (χ2v) is 3.13.